The van der Waals surface area contributed by atoms with E-state index in [0.29, 0.717) is 24.3 Å². The molecule has 1 unspecified atom stereocenters. The summed E-state index contributed by atoms with van der Waals surface area (Å²) in [5, 5.41) is 12.2. The van der Waals surface area contributed by atoms with Crippen molar-refractivity contribution in [2.45, 2.75) is 115 Å². The maximum atomic E-state index is 13.4. The van der Waals surface area contributed by atoms with E-state index in [0.717, 1.165) is 24.0 Å². The van der Waals surface area contributed by atoms with Crippen LogP contribution in [0.1, 0.15) is 84.8 Å². The number of rotatable bonds is 10. The van der Waals surface area contributed by atoms with Gasteiger partial charge < -0.3 is 38.3 Å². The van der Waals surface area contributed by atoms with Crippen molar-refractivity contribution in [3.8, 4) is 11.5 Å². The van der Waals surface area contributed by atoms with Crippen molar-refractivity contribution >= 4 is 24.1 Å². The lowest BCUT2D eigenvalue weighted by atomic mass is 9.47. The molecule has 46 heavy (non-hydrogen) atoms. The molecule has 2 bridgehead atoms. The molecule has 1 spiro atoms. The highest BCUT2D eigenvalue weighted by molar-refractivity contribution is 5.86. The Labute approximate surface area is 268 Å². The van der Waals surface area contributed by atoms with Crippen molar-refractivity contribution in [2.24, 2.45) is 11.8 Å². The van der Waals surface area contributed by atoms with Gasteiger partial charge in [-0.05, 0) is 82.9 Å². The second-order valence-electron chi connectivity index (χ2n) is 14.0. The summed E-state index contributed by atoms with van der Waals surface area (Å²) >= 11 is 0. The van der Waals surface area contributed by atoms with E-state index in [2.05, 4.69) is 0 Å². The highest BCUT2D eigenvalue weighted by atomic mass is 16.7. The molecule has 0 amide bonds. The predicted molar refractivity (Wildman–Crippen MR) is 161 cm³/mol. The molecule has 5 rings (SSSR count). The van der Waals surface area contributed by atoms with Gasteiger partial charge in [0, 0.05) is 5.56 Å². The number of esters is 3. The van der Waals surface area contributed by atoms with E-state index in [1.54, 1.807) is 34.0 Å². The van der Waals surface area contributed by atoms with E-state index < -0.39 is 65.4 Å². The van der Waals surface area contributed by atoms with E-state index in [9.17, 15) is 24.3 Å². The minimum absolute atomic E-state index is 0.0155. The summed E-state index contributed by atoms with van der Waals surface area (Å²) in [6, 6.07) is 3.87. The predicted octanol–water partition coefficient (Wildman–Crippen LogP) is 4.45. The van der Waals surface area contributed by atoms with Crippen LogP contribution >= 0.6 is 0 Å². The number of carbonyl (C=O) groups excluding carboxylic acids is 4. The SMILES string of the molecule is COc1ccc2c3c1O[C@H]1C(OC(=O)[C@H](C)OC(=O)[C@H](CC(=O)OCC(C)C)OC(=O)OC(C)(C)C)=CC[C@@]4(O)[C@H](CCCC314)C2. The third kappa shape index (κ3) is 6.03. The van der Waals surface area contributed by atoms with Crippen molar-refractivity contribution in [3.63, 3.8) is 0 Å². The van der Waals surface area contributed by atoms with Crippen LogP contribution in [0.2, 0.25) is 0 Å². The molecule has 4 aliphatic rings. The molecular weight excluding hydrogens is 600 g/mol. The number of carbonyl (C=O) groups is 4. The molecule has 1 heterocycles. The van der Waals surface area contributed by atoms with Gasteiger partial charge in [-0.3, -0.25) is 4.79 Å². The Morgan fingerprint density at radius 3 is 2.50 bits per heavy atom. The van der Waals surface area contributed by atoms with Gasteiger partial charge >= 0.3 is 24.1 Å². The monoisotopic (exact) mass is 644 g/mol. The third-order valence-corrected chi connectivity index (χ3v) is 9.13. The second kappa shape index (κ2) is 12.4. The van der Waals surface area contributed by atoms with Crippen molar-refractivity contribution in [2.75, 3.05) is 13.7 Å². The Morgan fingerprint density at radius 1 is 1.09 bits per heavy atom. The highest BCUT2D eigenvalue weighted by Crippen LogP contribution is 2.67. The zero-order chi connectivity index (χ0) is 33.6. The fourth-order valence-corrected chi connectivity index (χ4v) is 7.21. The minimum Gasteiger partial charge on any atom is -0.493 e. The number of benzene rings is 1. The van der Waals surface area contributed by atoms with Crippen molar-refractivity contribution < 1.29 is 57.4 Å². The van der Waals surface area contributed by atoms with Crippen molar-refractivity contribution in [1.29, 1.82) is 0 Å². The molecule has 0 saturated heterocycles. The first-order valence-electron chi connectivity index (χ1n) is 15.9. The summed E-state index contributed by atoms with van der Waals surface area (Å²) in [5.41, 5.74) is -0.858. The summed E-state index contributed by atoms with van der Waals surface area (Å²) in [5.74, 6) is -1.51. The van der Waals surface area contributed by atoms with E-state index in [1.807, 2.05) is 26.0 Å². The number of hydrogen-bond donors (Lipinski definition) is 1. The molecule has 1 aromatic carbocycles. The molecule has 1 fully saturated rings. The summed E-state index contributed by atoms with van der Waals surface area (Å²) in [6.07, 6.45) is -0.784. The Hall–Kier alpha value is -3.80. The first-order valence-corrected chi connectivity index (χ1v) is 15.9. The minimum atomic E-state index is -1.73. The van der Waals surface area contributed by atoms with Gasteiger partial charge in [0.05, 0.1) is 31.2 Å². The van der Waals surface area contributed by atoms with Crippen LogP contribution < -0.4 is 9.47 Å². The lowest BCUT2D eigenvalue weighted by Gasteiger charge is -2.59. The van der Waals surface area contributed by atoms with E-state index >= 15 is 0 Å². The summed E-state index contributed by atoms with van der Waals surface area (Å²) < 4.78 is 38.7. The largest absolute Gasteiger partial charge is 0.509 e. The molecule has 3 aliphatic carbocycles. The first-order chi connectivity index (χ1) is 21.6. The highest BCUT2D eigenvalue weighted by Gasteiger charge is 2.71. The topological polar surface area (TPSA) is 153 Å². The molecule has 1 N–H and O–H groups in total. The first kappa shape index (κ1) is 33.6. The van der Waals surface area contributed by atoms with Gasteiger partial charge in [-0.25, -0.2) is 14.4 Å². The number of aliphatic hydroxyl groups is 1. The van der Waals surface area contributed by atoms with Crippen LogP contribution in [-0.4, -0.2) is 72.4 Å². The summed E-state index contributed by atoms with van der Waals surface area (Å²) in [7, 11) is 1.55. The number of ether oxygens (including phenoxy) is 7. The maximum absolute atomic E-state index is 13.4. The Kier molecular flexibility index (Phi) is 9.07. The average Bonchev–Trinajstić information content (AvgIpc) is 3.31. The molecular formula is C34H44O12. The molecule has 1 saturated carbocycles. The van der Waals surface area contributed by atoms with Crippen LogP contribution in [0.25, 0.3) is 0 Å². The molecule has 12 nitrogen and oxygen atoms in total. The standard InChI is InChI=1S/C34H44O12/c1-18(2)17-41-25(35)16-24(44-31(38)46-32(4,5)6)30(37)42-19(3)29(36)43-23-12-14-34(39)21-9-8-13-33(34)26-20(15-21)10-11-22(40-7)27(26)45-28(23)33/h10-12,18-19,21,24,28,39H,8-9,13-17H2,1-7H3/t19-,21+,24-,28-,33?,34+/m0/s1. The zero-order valence-electron chi connectivity index (χ0n) is 27.5. The summed E-state index contributed by atoms with van der Waals surface area (Å²) in [6.45, 7) is 9.93. The van der Waals surface area contributed by atoms with Crippen molar-refractivity contribution in [3.05, 3.63) is 35.1 Å². The molecule has 0 radical (unpaired) electrons. The van der Waals surface area contributed by atoms with E-state index in [1.165, 1.54) is 6.92 Å². The fraction of sp³-hybridized carbons (Fsp3) is 0.647. The van der Waals surface area contributed by atoms with Gasteiger partial charge in [-0.2, -0.15) is 0 Å². The molecule has 0 aromatic heterocycles. The van der Waals surface area contributed by atoms with E-state index in [4.69, 9.17) is 33.2 Å². The number of methoxy groups -OCH3 is 1. The van der Waals surface area contributed by atoms with Gasteiger partial charge in [-0.15, -0.1) is 0 Å². The van der Waals surface area contributed by atoms with Crippen LogP contribution in [0.5, 0.6) is 11.5 Å². The smallest absolute Gasteiger partial charge is 0.493 e. The van der Waals surface area contributed by atoms with Crippen LogP contribution in [0, 0.1) is 11.8 Å². The Morgan fingerprint density at radius 2 is 1.83 bits per heavy atom. The fourth-order valence-electron chi connectivity index (χ4n) is 7.21. The molecule has 252 valence electrons. The van der Waals surface area contributed by atoms with Crippen LogP contribution in [-0.2, 0) is 49.9 Å². The molecule has 1 aromatic rings. The maximum Gasteiger partial charge on any atom is 0.509 e. The van der Waals surface area contributed by atoms with Crippen LogP contribution in [0.3, 0.4) is 0 Å². The summed E-state index contributed by atoms with van der Waals surface area (Å²) in [4.78, 5) is 51.3. The zero-order valence-corrected chi connectivity index (χ0v) is 27.5. The second-order valence-corrected chi connectivity index (χ2v) is 14.0. The quantitative estimate of drug-likeness (QED) is 0.283. The average molecular weight is 645 g/mol. The van der Waals surface area contributed by atoms with Crippen LogP contribution in [0.4, 0.5) is 4.79 Å². The van der Waals surface area contributed by atoms with Gasteiger partial charge in [0.25, 0.3) is 0 Å². The van der Waals surface area contributed by atoms with Gasteiger partial charge in [0.15, 0.2) is 23.7 Å². The van der Waals surface area contributed by atoms with Gasteiger partial charge in [0.1, 0.15) is 11.4 Å². The van der Waals surface area contributed by atoms with Crippen molar-refractivity contribution in [1.82, 2.24) is 0 Å². The normalized spacial score (nSPS) is 26.8. The molecule has 1 aliphatic heterocycles. The number of hydrogen-bond acceptors (Lipinski definition) is 12. The van der Waals surface area contributed by atoms with Gasteiger partial charge in [-0.1, -0.05) is 26.3 Å². The third-order valence-electron chi connectivity index (χ3n) is 9.13. The van der Waals surface area contributed by atoms with Gasteiger partial charge in [0.2, 0.25) is 6.10 Å². The lowest BCUT2D eigenvalue weighted by molar-refractivity contribution is -0.177. The molecule has 6 atom stereocenters. The Bertz CT molecular complexity index is 1420. The van der Waals surface area contributed by atoms with E-state index in [-0.39, 0.29) is 30.6 Å². The molecule has 12 heteroatoms. The Balaban J connectivity index is 1.32. The van der Waals surface area contributed by atoms with Crippen LogP contribution in [0.15, 0.2) is 24.0 Å². The lowest BCUT2D eigenvalue weighted by Crippen LogP contribution is -2.67.